The minimum Gasteiger partial charge on any atom is -0.104 e. The fraction of sp³-hybridized carbons (Fsp3) is 0.538. The molecule has 1 aromatic carbocycles. The fourth-order valence-electron chi connectivity index (χ4n) is 1.28. The standard InChI is InChI=1S/C13H21P.B/c1-13(2,3)14(4)11-10-12-8-6-5-7-9-12;/h5-9H,10-11H2,1-4H3;/t14-;/m1./s1. The molecule has 0 saturated heterocycles. The van der Waals surface area contributed by atoms with Crippen LogP contribution in [0.15, 0.2) is 30.3 Å². The Hall–Kier alpha value is -0.285. The molecule has 0 nitrogen and oxygen atoms in total. The Morgan fingerprint density at radius 3 is 2.07 bits per heavy atom. The Kier molecular flexibility index (Phi) is 6.21. The first-order valence-electron chi connectivity index (χ1n) is 5.25. The van der Waals surface area contributed by atoms with Crippen LogP contribution >= 0.6 is 7.92 Å². The summed E-state index contributed by atoms with van der Waals surface area (Å²) in [6, 6.07) is 10.8. The Bertz CT molecular complexity index is 264. The third-order valence-electron chi connectivity index (χ3n) is 2.72. The monoisotopic (exact) mass is 219 g/mol. The molecule has 3 radical (unpaired) electrons. The van der Waals surface area contributed by atoms with Crippen molar-refractivity contribution in [2.75, 3.05) is 12.8 Å². The molecule has 1 atom stereocenters. The molecule has 0 fully saturated rings. The predicted octanol–water partition coefficient (Wildman–Crippen LogP) is 3.76. The molecule has 0 saturated carbocycles. The van der Waals surface area contributed by atoms with Crippen LogP contribution in [-0.2, 0) is 6.42 Å². The van der Waals surface area contributed by atoms with Gasteiger partial charge in [0, 0.05) is 8.41 Å². The van der Waals surface area contributed by atoms with E-state index in [1.165, 1.54) is 18.1 Å². The van der Waals surface area contributed by atoms with Crippen LogP contribution in [0.3, 0.4) is 0 Å². The second kappa shape index (κ2) is 6.33. The van der Waals surface area contributed by atoms with Crippen LogP contribution in [0.5, 0.6) is 0 Å². The van der Waals surface area contributed by atoms with E-state index in [0.29, 0.717) is 5.16 Å². The maximum atomic E-state index is 2.41. The number of aryl methyl sites for hydroxylation is 1. The van der Waals surface area contributed by atoms with E-state index in [2.05, 4.69) is 57.8 Å². The summed E-state index contributed by atoms with van der Waals surface area (Å²) in [6.07, 6.45) is 2.59. The summed E-state index contributed by atoms with van der Waals surface area (Å²) in [4.78, 5) is 0. The normalized spacial score (nSPS) is 13.1. The lowest BCUT2D eigenvalue weighted by molar-refractivity contribution is 0.781. The van der Waals surface area contributed by atoms with Crippen LogP contribution < -0.4 is 0 Å². The van der Waals surface area contributed by atoms with Gasteiger partial charge in [0.1, 0.15) is 0 Å². The van der Waals surface area contributed by atoms with Crippen LogP contribution in [-0.4, -0.2) is 26.4 Å². The largest absolute Gasteiger partial charge is 0.104 e. The molecule has 0 aliphatic heterocycles. The van der Waals surface area contributed by atoms with Crippen molar-refractivity contribution >= 4 is 16.3 Å². The Morgan fingerprint density at radius 2 is 1.60 bits per heavy atom. The lowest BCUT2D eigenvalue weighted by Gasteiger charge is -2.27. The minimum atomic E-state index is 0. The van der Waals surface area contributed by atoms with Crippen molar-refractivity contribution in [1.29, 1.82) is 0 Å². The van der Waals surface area contributed by atoms with E-state index in [0.717, 1.165) is 0 Å². The van der Waals surface area contributed by atoms with Gasteiger partial charge in [-0.2, -0.15) is 0 Å². The molecule has 15 heavy (non-hydrogen) atoms. The maximum absolute atomic E-state index is 2.41. The Morgan fingerprint density at radius 1 is 1.07 bits per heavy atom. The highest BCUT2D eigenvalue weighted by molar-refractivity contribution is 7.58. The lowest BCUT2D eigenvalue weighted by atomic mass is 10.2. The van der Waals surface area contributed by atoms with Crippen molar-refractivity contribution in [1.82, 2.24) is 0 Å². The summed E-state index contributed by atoms with van der Waals surface area (Å²) in [5, 5.41) is 0.504. The fourth-order valence-corrected chi connectivity index (χ4v) is 2.54. The van der Waals surface area contributed by atoms with Crippen LogP contribution in [0.25, 0.3) is 0 Å². The van der Waals surface area contributed by atoms with Gasteiger partial charge < -0.3 is 0 Å². The second-order valence-electron chi connectivity index (χ2n) is 4.83. The van der Waals surface area contributed by atoms with Crippen LogP contribution in [0, 0.1) is 0 Å². The lowest BCUT2D eigenvalue weighted by Crippen LogP contribution is -2.13. The summed E-state index contributed by atoms with van der Waals surface area (Å²) in [6.45, 7) is 9.47. The van der Waals surface area contributed by atoms with Gasteiger partial charge in [0.15, 0.2) is 0 Å². The van der Waals surface area contributed by atoms with Gasteiger partial charge in [0.2, 0.25) is 0 Å². The zero-order chi connectivity index (χ0) is 10.6. The number of hydrogen-bond acceptors (Lipinski definition) is 0. The van der Waals surface area contributed by atoms with Crippen molar-refractivity contribution < 1.29 is 0 Å². The van der Waals surface area contributed by atoms with E-state index < -0.39 is 0 Å². The third kappa shape index (κ3) is 5.37. The van der Waals surface area contributed by atoms with Crippen molar-refractivity contribution in [3.05, 3.63) is 35.9 Å². The molecule has 0 spiro atoms. The van der Waals surface area contributed by atoms with Gasteiger partial charge in [-0.15, -0.1) is 7.92 Å². The topological polar surface area (TPSA) is 0 Å². The average molecular weight is 219 g/mol. The first-order valence-corrected chi connectivity index (χ1v) is 7.23. The molecule has 0 amide bonds. The zero-order valence-electron chi connectivity index (χ0n) is 10.3. The van der Waals surface area contributed by atoms with E-state index in [1.807, 2.05) is 0 Å². The number of hydrogen-bond donors (Lipinski definition) is 0. The molecule has 0 heterocycles. The van der Waals surface area contributed by atoms with Gasteiger partial charge in [-0.1, -0.05) is 51.1 Å². The van der Waals surface area contributed by atoms with Crippen LogP contribution in [0.4, 0.5) is 0 Å². The quantitative estimate of drug-likeness (QED) is 0.536. The highest BCUT2D eigenvalue weighted by atomic mass is 31.1. The average Bonchev–Trinajstić information content (AvgIpc) is 2.14. The summed E-state index contributed by atoms with van der Waals surface area (Å²) < 4.78 is 0. The first kappa shape index (κ1) is 14.7. The highest BCUT2D eigenvalue weighted by Crippen LogP contribution is 2.45. The van der Waals surface area contributed by atoms with Gasteiger partial charge in [-0.05, 0) is 30.0 Å². The maximum Gasteiger partial charge on any atom is 0 e. The molecule has 0 aliphatic rings. The third-order valence-corrected chi connectivity index (χ3v) is 5.91. The number of benzene rings is 1. The minimum absolute atomic E-state index is 0. The van der Waals surface area contributed by atoms with E-state index in [4.69, 9.17) is 0 Å². The van der Waals surface area contributed by atoms with E-state index in [1.54, 1.807) is 0 Å². The zero-order valence-corrected chi connectivity index (χ0v) is 11.2. The second-order valence-corrected chi connectivity index (χ2v) is 8.01. The number of rotatable bonds is 3. The molecule has 0 aromatic heterocycles. The van der Waals surface area contributed by atoms with Crippen molar-refractivity contribution in [2.24, 2.45) is 0 Å². The highest BCUT2D eigenvalue weighted by Gasteiger charge is 2.18. The molecule has 81 valence electrons. The van der Waals surface area contributed by atoms with Gasteiger partial charge >= 0.3 is 0 Å². The predicted molar refractivity (Wildman–Crippen MR) is 73.4 cm³/mol. The summed E-state index contributed by atoms with van der Waals surface area (Å²) in [5.74, 6) is 0. The molecule has 0 bridgehead atoms. The summed E-state index contributed by atoms with van der Waals surface area (Å²) in [7, 11) is 0.155. The molecule has 1 aromatic rings. The summed E-state index contributed by atoms with van der Waals surface area (Å²) in [5.41, 5.74) is 1.48. The Balaban J connectivity index is 0.00000196. The molecular formula is C13H21BP. The smallest absolute Gasteiger partial charge is 0 e. The van der Waals surface area contributed by atoms with E-state index in [-0.39, 0.29) is 16.3 Å². The van der Waals surface area contributed by atoms with Gasteiger partial charge in [-0.3, -0.25) is 0 Å². The molecule has 1 rings (SSSR count). The van der Waals surface area contributed by atoms with Crippen LogP contribution in [0.2, 0.25) is 0 Å². The molecule has 0 unspecified atom stereocenters. The van der Waals surface area contributed by atoms with Gasteiger partial charge in [0.25, 0.3) is 0 Å². The molecule has 0 aliphatic carbocycles. The Labute approximate surface area is 97.8 Å². The molecule has 0 N–H and O–H groups in total. The SMILES string of the molecule is C[P@](CCc1ccccc1)C(C)(C)C.[B]. The summed E-state index contributed by atoms with van der Waals surface area (Å²) >= 11 is 0. The van der Waals surface area contributed by atoms with Crippen molar-refractivity contribution in [2.45, 2.75) is 32.3 Å². The molecular weight excluding hydrogens is 198 g/mol. The van der Waals surface area contributed by atoms with Gasteiger partial charge in [-0.25, -0.2) is 0 Å². The van der Waals surface area contributed by atoms with Crippen molar-refractivity contribution in [3.8, 4) is 0 Å². The molecule has 2 heteroatoms. The first-order chi connectivity index (χ1) is 6.50. The van der Waals surface area contributed by atoms with E-state index >= 15 is 0 Å². The van der Waals surface area contributed by atoms with Gasteiger partial charge in [0.05, 0.1) is 0 Å². The van der Waals surface area contributed by atoms with Crippen LogP contribution in [0.1, 0.15) is 26.3 Å². The van der Waals surface area contributed by atoms with E-state index in [9.17, 15) is 0 Å². The van der Waals surface area contributed by atoms with Crippen molar-refractivity contribution in [3.63, 3.8) is 0 Å².